The van der Waals surface area contributed by atoms with Gasteiger partial charge in [0.1, 0.15) is 0 Å². The third-order valence-electron chi connectivity index (χ3n) is 2.26. The van der Waals surface area contributed by atoms with Crippen molar-refractivity contribution in [2.75, 3.05) is 20.7 Å². The van der Waals surface area contributed by atoms with Crippen LogP contribution < -0.4 is 0 Å². The molecule has 0 aliphatic rings. The van der Waals surface area contributed by atoms with Crippen molar-refractivity contribution in [2.45, 2.75) is 27.0 Å². The molecule has 102 valence electrons. The van der Waals surface area contributed by atoms with Crippen molar-refractivity contribution in [3.63, 3.8) is 0 Å². The van der Waals surface area contributed by atoms with Gasteiger partial charge in [-0.3, -0.25) is 4.90 Å². The lowest BCUT2D eigenvalue weighted by atomic mass is 10.2. The molecular weight excluding hydrogens is 234 g/mol. The highest BCUT2D eigenvalue weighted by Crippen LogP contribution is 2.07. The van der Waals surface area contributed by atoms with E-state index in [0.29, 0.717) is 12.2 Å². The minimum Gasteiger partial charge on any atom is -0.463 e. The van der Waals surface area contributed by atoms with Crippen molar-refractivity contribution in [1.82, 2.24) is 4.90 Å². The van der Waals surface area contributed by atoms with E-state index < -0.39 is 11.9 Å². The summed E-state index contributed by atoms with van der Waals surface area (Å²) >= 11 is 0. The molecule has 0 fully saturated rings. The average Bonchev–Trinajstić information content (AvgIpc) is 2.28. The first kappa shape index (κ1) is 16.4. The van der Waals surface area contributed by atoms with E-state index in [-0.39, 0.29) is 11.8 Å². The van der Waals surface area contributed by atoms with Crippen LogP contribution in [-0.2, 0) is 19.1 Å². The second-order valence-corrected chi connectivity index (χ2v) is 4.04. The SMILES string of the molecule is C=C(/C=C(\C)C(=O)OCC)C(=O)OC(C)N(C)C. The first-order chi connectivity index (χ1) is 8.29. The molecule has 0 heterocycles. The minimum atomic E-state index is -0.556. The predicted molar refractivity (Wildman–Crippen MR) is 68.8 cm³/mol. The van der Waals surface area contributed by atoms with Gasteiger partial charge in [-0.05, 0) is 40.9 Å². The Morgan fingerprint density at radius 1 is 1.33 bits per heavy atom. The van der Waals surface area contributed by atoms with Gasteiger partial charge in [-0.15, -0.1) is 0 Å². The summed E-state index contributed by atoms with van der Waals surface area (Å²) in [7, 11) is 3.58. The molecule has 0 aliphatic carbocycles. The average molecular weight is 255 g/mol. The second kappa shape index (κ2) is 7.66. The van der Waals surface area contributed by atoms with E-state index in [4.69, 9.17) is 9.47 Å². The van der Waals surface area contributed by atoms with Crippen LogP contribution >= 0.6 is 0 Å². The number of carbonyl (C=O) groups excluding carboxylic acids is 2. The first-order valence-corrected chi connectivity index (χ1v) is 5.71. The molecule has 0 saturated heterocycles. The van der Waals surface area contributed by atoms with Gasteiger partial charge < -0.3 is 9.47 Å². The van der Waals surface area contributed by atoms with Crippen LogP contribution in [0.25, 0.3) is 0 Å². The van der Waals surface area contributed by atoms with E-state index in [1.54, 1.807) is 39.8 Å². The van der Waals surface area contributed by atoms with Gasteiger partial charge in [-0.25, -0.2) is 9.59 Å². The Labute approximate surface area is 108 Å². The van der Waals surface area contributed by atoms with Crippen LogP contribution in [0.3, 0.4) is 0 Å². The van der Waals surface area contributed by atoms with Gasteiger partial charge in [0.05, 0.1) is 12.2 Å². The van der Waals surface area contributed by atoms with Gasteiger partial charge in [0.15, 0.2) is 6.23 Å². The smallest absolute Gasteiger partial charge is 0.339 e. The Kier molecular flexibility index (Phi) is 6.97. The molecular formula is C13H21NO4. The Bertz CT molecular complexity index is 358. The van der Waals surface area contributed by atoms with Crippen molar-refractivity contribution in [1.29, 1.82) is 0 Å². The molecule has 0 rings (SSSR count). The molecule has 5 nitrogen and oxygen atoms in total. The van der Waals surface area contributed by atoms with Crippen LogP contribution in [0, 0.1) is 0 Å². The van der Waals surface area contributed by atoms with Crippen LogP contribution in [0.15, 0.2) is 23.8 Å². The lowest BCUT2D eigenvalue weighted by Gasteiger charge is -2.19. The van der Waals surface area contributed by atoms with E-state index in [2.05, 4.69) is 6.58 Å². The van der Waals surface area contributed by atoms with Crippen molar-refractivity contribution < 1.29 is 19.1 Å². The van der Waals surface area contributed by atoms with Crippen LogP contribution in [0.2, 0.25) is 0 Å². The van der Waals surface area contributed by atoms with E-state index in [1.165, 1.54) is 6.08 Å². The highest BCUT2D eigenvalue weighted by molar-refractivity contribution is 5.95. The number of hydrogen-bond acceptors (Lipinski definition) is 5. The lowest BCUT2D eigenvalue weighted by molar-refractivity contribution is -0.150. The maximum absolute atomic E-state index is 11.6. The van der Waals surface area contributed by atoms with Crippen LogP contribution in [0.1, 0.15) is 20.8 Å². The maximum atomic E-state index is 11.6. The van der Waals surface area contributed by atoms with Gasteiger partial charge >= 0.3 is 11.9 Å². The zero-order chi connectivity index (χ0) is 14.3. The van der Waals surface area contributed by atoms with Crippen molar-refractivity contribution in [3.8, 4) is 0 Å². The molecule has 0 aromatic rings. The number of ether oxygens (including phenoxy) is 2. The Balaban J connectivity index is 4.52. The van der Waals surface area contributed by atoms with Gasteiger partial charge in [-0.2, -0.15) is 0 Å². The quantitative estimate of drug-likeness (QED) is 0.311. The van der Waals surface area contributed by atoms with Crippen molar-refractivity contribution >= 4 is 11.9 Å². The molecule has 0 saturated carbocycles. The highest BCUT2D eigenvalue weighted by Gasteiger charge is 2.14. The summed E-state index contributed by atoms with van der Waals surface area (Å²) < 4.78 is 9.90. The topological polar surface area (TPSA) is 55.8 Å². The molecule has 18 heavy (non-hydrogen) atoms. The normalized spacial score (nSPS) is 13.1. The number of rotatable bonds is 6. The second-order valence-electron chi connectivity index (χ2n) is 4.04. The van der Waals surface area contributed by atoms with E-state index in [1.807, 2.05) is 0 Å². The zero-order valence-corrected chi connectivity index (χ0v) is 11.6. The van der Waals surface area contributed by atoms with E-state index in [0.717, 1.165) is 0 Å². The summed E-state index contributed by atoms with van der Waals surface area (Å²) in [6, 6.07) is 0. The molecule has 1 atom stereocenters. The molecule has 0 bridgehead atoms. The third kappa shape index (κ3) is 5.63. The van der Waals surface area contributed by atoms with Gasteiger partial charge in [0.2, 0.25) is 0 Å². The van der Waals surface area contributed by atoms with Crippen LogP contribution in [0.4, 0.5) is 0 Å². The largest absolute Gasteiger partial charge is 0.463 e. The minimum absolute atomic E-state index is 0.120. The van der Waals surface area contributed by atoms with Gasteiger partial charge in [0.25, 0.3) is 0 Å². The highest BCUT2D eigenvalue weighted by atomic mass is 16.6. The van der Waals surface area contributed by atoms with Crippen LogP contribution in [0.5, 0.6) is 0 Å². The van der Waals surface area contributed by atoms with Crippen LogP contribution in [-0.4, -0.2) is 43.8 Å². The fourth-order valence-electron chi connectivity index (χ4n) is 0.960. The monoisotopic (exact) mass is 255 g/mol. The number of carbonyl (C=O) groups is 2. The molecule has 0 spiro atoms. The fraction of sp³-hybridized carbons (Fsp3) is 0.538. The lowest BCUT2D eigenvalue weighted by Crippen LogP contribution is -2.30. The number of hydrogen-bond donors (Lipinski definition) is 0. The van der Waals surface area contributed by atoms with Gasteiger partial charge in [0, 0.05) is 5.57 Å². The van der Waals surface area contributed by atoms with Gasteiger partial charge in [-0.1, -0.05) is 6.58 Å². The molecule has 0 aromatic heterocycles. The first-order valence-electron chi connectivity index (χ1n) is 5.71. The predicted octanol–water partition coefficient (Wildman–Crippen LogP) is 1.50. The Hall–Kier alpha value is -1.62. The molecule has 5 heteroatoms. The van der Waals surface area contributed by atoms with E-state index in [9.17, 15) is 9.59 Å². The number of esters is 2. The molecule has 0 amide bonds. The Morgan fingerprint density at radius 2 is 1.89 bits per heavy atom. The summed E-state index contributed by atoms with van der Waals surface area (Å²) in [5.74, 6) is -1.02. The van der Waals surface area contributed by atoms with Crippen molar-refractivity contribution in [2.24, 2.45) is 0 Å². The van der Waals surface area contributed by atoms with E-state index >= 15 is 0 Å². The molecule has 1 unspecified atom stereocenters. The zero-order valence-electron chi connectivity index (χ0n) is 11.6. The third-order valence-corrected chi connectivity index (χ3v) is 2.26. The molecule has 0 radical (unpaired) electrons. The standard InChI is InChI=1S/C13H21NO4/c1-7-17-12(15)9(2)8-10(3)13(16)18-11(4)14(5)6/h8,11H,3,7H2,1-2,4-6H3/b9-8+. The summed E-state index contributed by atoms with van der Waals surface area (Å²) in [5.41, 5.74) is 0.436. The maximum Gasteiger partial charge on any atom is 0.339 e. The number of nitrogens with zero attached hydrogens (tertiary/aromatic N) is 1. The fourth-order valence-corrected chi connectivity index (χ4v) is 0.960. The summed E-state index contributed by atoms with van der Waals surface area (Å²) in [4.78, 5) is 24.7. The van der Waals surface area contributed by atoms with Crippen molar-refractivity contribution in [3.05, 3.63) is 23.8 Å². The Morgan fingerprint density at radius 3 is 2.33 bits per heavy atom. The summed E-state index contributed by atoms with van der Waals surface area (Å²) in [5, 5.41) is 0. The summed E-state index contributed by atoms with van der Waals surface area (Å²) in [6.07, 6.45) is 1.01. The molecule has 0 N–H and O–H groups in total. The summed E-state index contributed by atoms with van der Waals surface area (Å²) in [6.45, 7) is 8.88. The molecule has 0 aliphatic heterocycles. The molecule has 0 aromatic carbocycles.